The van der Waals surface area contributed by atoms with E-state index in [1.54, 1.807) is 0 Å². The van der Waals surface area contributed by atoms with Gasteiger partial charge in [-0.3, -0.25) is 4.98 Å². The smallest absolute Gasteiger partial charge is 0.0608 e. The van der Waals surface area contributed by atoms with Crippen LogP contribution in [0.5, 0.6) is 0 Å². The molecule has 1 aliphatic rings. The summed E-state index contributed by atoms with van der Waals surface area (Å²) in [5, 5.41) is 1.25. The fourth-order valence-corrected chi connectivity index (χ4v) is 4.37. The summed E-state index contributed by atoms with van der Waals surface area (Å²) < 4.78 is 0. The predicted molar refractivity (Wildman–Crippen MR) is 116 cm³/mol. The van der Waals surface area contributed by atoms with Crippen molar-refractivity contribution >= 4 is 10.9 Å². The Bertz CT molecular complexity index is 1340. The standard InChI is InChI=1S/C27H16N.Ir/c1-3-10-18(11-4-1)24-26-22-15-8-7-14-20(22)21-16-9-17-23(25(21)26)28-27(24)19-12-5-2-6-13-19;/h1-12,14-17H;/q-1;. The van der Waals surface area contributed by atoms with Gasteiger partial charge in [0.2, 0.25) is 0 Å². The van der Waals surface area contributed by atoms with Crippen molar-refractivity contribution in [1.82, 2.24) is 4.98 Å². The summed E-state index contributed by atoms with van der Waals surface area (Å²) >= 11 is 0. The molecule has 1 aliphatic carbocycles. The number of nitrogens with zero attached hydrogens (tertiary/aromatic N) is 1. The minimum atomic E-state index is 0. The summed E-state index contributed by atoms with van der Waals surface area (Å²) in [4.78, 5) is 5.14. The summed E-state index contributed by atoms with van der Waals surface area (Å²) in [7, 11) is 0. The van der Waals surface area contributed by atoms with Gasteiger partial charge in [0.05, 0.1) is 5.52 Å². The minimum Gasteiger partial charge on any atom is -0.296 e. The summed E-state index contributed by atoms with van der Waals surface area (Å²) in [5.41, 5.74) is 10.6. The first-order chi connectivity index (χ1) is 13.9. The molecule has 0 spiro atoms. The monoisotopic (exact) mass is 547 g/mol. The molecule has 0 amide bonds. The van der Waals surface area contributed by atoms with E-state index in [0.29, 0.717) is 0 Å². The molecule has 0 fully saturated rings. The van der Waals surface area contributed by atoms with E-state index in [9.17, 15) is 0 Å². The molecule has 0 N–H and O–H groups in total. The molecule has 0 bridgehead atoms. The maximum absolute atomic E-state index is 5.14. The quantitative estimate of drug-likeness (QED) is 0.213. The second-order valence-corrected chi connectivity index (χ2v) is 7.10. The second-order valence-electron chi connectivity index (χ2n) is 7.10. The maximum atomic E-state index is 5.14. The van der Waals surface area contributed by atoms with Crippen LogP contribution >= 0.6 is 0 Å². The number of aromatic nitrogens is 1. The fourth-order valence-electron chi connectivity index (χ4n) is 4.37. The van der Waals surface area contributed by atoms with Crippen LogP contribution in [-0.4, -0.2) is 4.98 Å². The largest absolute Gasteiger partial charge is 0.296 e. The van der Waals surface area contributed by atoms with Crippen molar-refractivity contribution in [3.8, 4) is 44.6 Å². The first-order valence-corrected chi connectivity index (χ1v) is 9.51. The van der Waals surface area contributed by atoms with Gasteiger partial charge in [-0.15, -0.1) is 35.9 Å². The van der Waals surface area contributed by atoms with Crippen LogP contribution in [-0.2, 0) is 20.1 Å². The van der Waals surface area contributed by atoms with E-state index in [1.807, 2.05) is 12.1 Å². The molecule has 2 heteroatoms. The van der Waals surface area contributed by atoms with Crippen molar-refractivity contribution in [2.24, 2.45) is 0 Å². The molecule has 0 saturated carbocycles. The van der Waals surface area contributed by atoms with Gasteiger partial charge in [0.25, 0.3) is 0 Å². The molecule has 1 aromatic heterocycles. The molecule has 0 aliphatic heterocycles. The number of pyridine rings is 1. The van der Waals surface area contributed by atoms with Gasteiger partial charge in [-0.1, -0.05) is 66.7 Å². The number of fused-ring (bicyclic) bond motifs is 3. The van der Waals surface area contributed by atoms with E-state index in [4.69, 9.17) is 4.98 Å². The zero-order valence-corrected chi connectivity index (χ0v) is 17.9. The first-order valence-electron chi connectivity index (χ1n) is 9.51. The Balaban J connectivity index is 0.00000181. The van der Waals surface area contributed by atoms with Gasteiger partial charge < -0.3 is 0 Å². The molecule has 0 atom stereocenters. The normalized spacial score (nSPS) is 11.2. The third kappa shape index (κ3) is 2.68. The van der Waals surface area contributed by atoms with Crippen molar-refractivity contribution in [3.05, 3.63) is 103 Å². The van der Waals surface area contributed by atoms with Gasteiger partial charge in [-0.25, -0.2) is 0 Å². The van der Waals surface area contributed by atoms with Crippen molar-refractivity contribution in [3.63, 3.8) is 0 Å². The van der Waals surface area contributed by atoms with Crippen molar-refractivity contribution < 1.29 is 20.1 Å². The zero-order valence-electron chi connectivity index (χ0n) is 15.5. The number of hydrogen-bond acceptors (Lipinski definition) is 1. The third-order valence-electron chi connectivity index (χ3n) is 5.52. The first kappa shape index (κ1) is 18.0. The number of hydrogen-bond donors (Lipinski definition) is 0. The van der Waals surface area contributed by atoms with Gasteiger partial charge in [0, 0.05) is 25.5 Å². The maximum Gasteiger partial charge on any atom is 0.0608 e. The van der Waals surface area contributed by atoms with Crippen molar-refractivity contribution in [2.75, 3.05) is 0 Å². The van der Waals surface area contributed by atoms with Crippen LogP contribution in [0.15, 0.2) is 97.1 Å². The summed E-state index contributed by atoms with van der Waals surface area (Å²) in [5.74, 6) is 0. The van der Waals surface area contributed by atoms with Crippen LogP contribution in [0.25, 0.3) is 55.5 Å². The molecule has 0 unspecified atom stereocenters. The van der Waals surface area contributed by atoms with Gasteiger partial charge in [-0.05, 0) is 45.1 Å². The predicted octanol–water partition coefficient (Wildman–Crippen LogP) is 7.01. The molecular formula is C27H16IrN-. The van der Waals surface area contributed by atoms with Crippen molar-refractivity contribution in [1.29, 1.82) is 0 Å². The number of rotatable bonds is 2. The molecule has 0 saturated heterocycles. The van der Waals surface area contributed by atoms with E-state index >= 15 is 0 Å². The van der Waals surface area contributed by atoms with Gasteiger partial charge in [0.15, 0.2) is 0 Å². The van der Waals surface area contributed by atoms with Gasteiger partial charge in [-0.2, -0.15) is 0 Å². The molecule has 1 nitrogen and oxygen atoms in total. The van der Waals surface area contributed by atoms with Gasteiger partial charge >= 0.3 is 0 Å². The molecule has 29 heavy (non-hydrogen) atoms. The summed E-state index contributed by atoms with van der Waals surface area (Å²) in [6.07, 6.45) is 0. The van der Waals surface area contributed by atoms with Gasteiger partial charge in [0.1, 0.15) is 0 Å². The van der Waals surface area contributed by atoms with E-state index in [2.05, 4.69) is 91.0 Å². The Morgan fingerprint density at radius 3 is 2.10 bits per heavy atom. The summed E-state index contributed by atoms with van der Waals surface area (Å²) in [6.45, 7) is 0. The Morgan fingerprint density at radius 2 is 1.31 bits per heavy atom. The third-order valence-corrected chi connectivity index (χ3v) is 5.52. The van der Waals surface area contributed by atoms with Crippen LogP contribution in [0.3, 0.4) is 0 Å². The Kier molecular flexibility index (Phi) is 4.39. The Hall–Kier alpha value is -3.06. The van der Waals surface area contributed by atoms with Crippen molar-refractivity contribution in [2.45, 2.75) is 0 Å². The summed E-state index contributed by atoms with van der Waals surface area (Å²) in [6, 6.07) is 37.2. The Morgan fingerprint density at radius 1 is 0.586 bits per heavy atom. The molecule has 4 aromatic carbocycles. The molecule has 139 valence electrons. The molecular weight excluding hydrogens is 531 g/mol. The van der Waals surface area contributed by atoms with Crippen LogP contribution in [0, 0.1) is 6.07 Å². The molecule has 5 aromatic rings. The average Bonchev–Trinajstić information content (AvgIpc) is 3.11. The second kappa shape index (κ2) is 7.08. The zero-order chi connectivity index (χ0) is 18.5. The Labute approximate surface area is 183 Å². The molecule has 1 radical (unpaired) electrons. The fraction of sp³-hybridized carbons (Fsp3) is 0. The molecule has 1 heterocycles. The van der Waals surface area contributed by atoms with Crippen LogP contribution in [0.4, 0.5) is 0 Å². The molecule has 6 rings (SSSR count). The average molecular weight is 547 g/mol. The minimum absolute atomic E-state index is 0. The van der Waals surface area contributed by atoms with Crippen LogP contribution in [0.1, 0.15) is 0 Å². The van der Waals surface area contributed by atoms with E-state index in [-0.39, 0.29) is 20.1 Å². The van der Waals surface area contributed by atoms with Crippen LogP contribution < -0.4 is 0 Å². The SMILES string of the molecule is [Ir].[c-]1ccccc1-c1nc2cccc3c2c(c1-c1ccccc1)-c1ccccc1-3. The number of benzene rings is 4. The topological polar surface area (TPSA) is 12.9 Å². The van der Waals surface area contributed by atoms with E-state index < -0.39 is 0 Å². The van der Waals surface area contributed by atoms with E-state index in [0.717, 1.165) is 16.8 Å². The van der Waals surface area contributed by atoms with E-state index in [1.165, 1.54) is 38.8 Å². The van der Waals surface area contributed by atoms with Crippen LogP contribution in [0.2, 0.25) is 0 Å².